The highest BCUT2D eigenvalue weighted by molar-refractivity contribution is 6.42. The van der Waals surface area contributed by atoms with Gasteiger partial charge in [-0.25, -0.2) is 14.4 Å². The number of amides is 1. The van der Waals surface area contributed by atoms with Crippen molar-refractivity contribution in [3.05, 3.63) is 59.1 Å². The zero-order valence-electron chi connectivity index (χ0n) is 20.3. The molecule has 3 aromatic rings. The molecular weight excluding hydrogens is 534 g/mol. The minimum atomic E-state index is -0.676. The Morgan fingerprint density at radius 1 is 1.18 bits per heavy atom. The fourth-order valence-electron chi connectivity index (χ4n) is 5.38. The molecule has 1 aliphatic carbocycles. The van der Waals surface area contributed by atoms with Gasteiger partial charge in [0.25, 0.3) is 0 Å². The molecule has 198 valence electrons. The predicted molar refractivity (Wildman–Crippen MR) is 142 cm³/mol. The van der Waals surface area contributed by atoms with Gasteiger partial charge in [-0.15, -0.1) is 0 Å². The van der Waals surface area contributed by atoms with E-state index in [1.807, 2.05) is 17.0 Å². The number of piperidine rings is 2. The summed E-state index contributed by atoms with van der Waals surface area (Å²) in [4.78, 5) is 22.7. The maximum Gasteiger partial charge on any atom is 0.245 e. The molecule has 4 aliphatic rings. The second-order valence-corrected chi connectivity index (χ2v) is 10.6. The summed E-state index contributed by atoms with van der Waals surface area (Å²) in [6, 6.07) is 6.64. The molecule has 1 aromatic heterocycles. The van der Waals surface area contributed by atoms with Crippen molar-refractivity contribution in [2.45, 2.75) is 25.0 Å². The largest absolute Gasteiger partial charge is 0.486 e. The van der Waals surface area contributed by atoms with Crippen LogP contribution in [0.25, 0.3) is 10.9 Å². The summed E-state index contributed by atoms with van der Waals surface area (Å²) in [5.74, 6) is 1.17. The Kier molecular flexibility index (Phi) is 6.75. The van der Waals surface area contributed by atoms with Crippen molar-refractivity contribution in [1.29, 1.82) is 0 Å². The lowest BCUT2D eigenvalue weighted by atomic mass is 9.68. The van der Waals surface area contributed by atoms with E-state index in [0.717, 1.165) is 12.8 Å². The minimum Gasteiger partial charge on any atom is -0.486 e. The van der Waals surface area contributed by atoms with Crippen LogP contribution in [0.15, 0.2) is 43.2 Å². The molecule has 1 amide bonds. The molecule has 38 heavy (non-hydrogen) atoms. The number of anilines is 2. The van der Waals surface area contributed by atoms with Crippen molar-refractivity contribution in [3.8, 4) is 11.5 Å². The monoisotopic (exact) mass is 558 g/mol. The molecule has 4 heterocycles. The molecule has 4 fully saturated rings. The summed E-state index contributed by atoms with van der Waals surface area (Å²) in [6.07, 6.45) is 4.37. The number of halogens is 3. The van der Waals surface area contributed by atoms with Gasteiger partial charge in [-0.3, -0.25) is 4.79 Å². The first-order valence-electron chi connectivity index (χ1n) is 12.4. The van der Waals surface area contributed by atoms with Crippen LogP contribution in [0.5, 0.6) is 11.5 Å². The first kappa shape index (κ1) is 25.2. The van der Waals surface area contributed by atoms with Gasteiger partial charge < -0.3 is 24.4 Å². The lowest BCUT2D eigenvalue weighted by Crippen LogP contribution is -2.61. The van der Waals surface area contributed by atoms with E-state index in [4.69, 9.17) is 37.4 Å². The fourth-order valence-corrected chi connectivity index (χ4v) is 5.69. The number of nitrogens with one attached hydrogen (secondary N) is 1. The topological polar surface area (TPSA) is 85.8 Å². The number of nitrogens with zero attached hydrogens (tertiary/aromatic N) is 3. The van der Waals surface area contributed by atoms with Gasteiger partial charge >= 0.3 is 0 Å². The number of aromatic nitrogens is 2. The van der Waals surface area contributed by atoms with Crippen LogP contribution in [-0.4, -0.2) is 59.3 Å². The van der Waals surface area contributed by atoms with Gasteiger partial charge in [-0.05, 0) is 30.7 Å². The molecule has 3 aliphatic heterocycles. The molecular formula is C27H25Cl2FN4O4. The fraction of sp³-hybridized carbons (Fsp3) is 0.370. The number of rotatable bonds is 7. The smallest absolute Gasteiger partial charge is 0.245 e. The normalized spacial score (nSPS) is 24.1. The van der Waals surface area contributed by atoms with Gasteiger partial charge in [-0.1, -0.05) is 29.8 Å². The Hall–Kier alpha value is -3.14. The predicted octanol–water partition coefficient (Wildman–Crippen LogP) is 5.40. The van der Waals surface area contributed by atoms with Crippen LogP contribution in [-0.2, 0) is 9.53 Å². The van der Waals surface area contributed by atoms with E-state index in [1.165, 1.54) is 24.5 Å². The molecule has 8 nitrogen and oxygen atoms in total. The van der Waals surface area contributed by atoms with Crippen molar-refractivity contribution in [3.63, 3.8) is 0 Å². The molecule has 2 bridgehead atoms. The molecule has 3 saturated heterocycles. The highest BCUT2D eigenvalue weighted by Crippen LogP contribution is 2.45. The van der Waals surface area contributed by atoms with E-state index in [9.17, 15) is 9.18 Å². The summed E-state index contributed by atoms with van der Waals surface area (Å²) in [6.45, 7) is 5.98. The Morgan fingerprint density at radius 3 is 2.71 bits per heavy atom. The second-order valence-electron chi connectivity index (χ2n) is 9.78. The first-order valence-corrected chi connectivity index (χ1v) is 13.2. The highest BCUT2D eigenvalue weighted by Gasteiger charge is 2.49. The number of ether oxygens (including phenoxy) is 3. The zero-order valence-corrected chi connectivity index (χ0v) is 21.8. The van der Waals surface area contributed by atoms with Gasteiger partial charge in [0, 0.05) is 42.8 Å². The molecule has 7 rings (SSSR count). The van der Waals surface area contributed by atoms with Crippen molar-refractivity contribution < 1.29 is 23.4 Å². The minimum absolute atomic E-state index is 0.0583. The maximum atomic E-state index is 14.8. The van der Waals surface area contributed by atoms with Gasteiger partial charge in [0.05, 0.1) is 34.5 Å². The number of carbonyl (C=O) groups is 1. The number of fused-ring (bicyclic) bond motifs is 3. The van der Waals surface area contributed by atoms with Crippen LogP contribution in [0.2, 0.25) is 10.0 Å². The molecule has 0 spiro atoms. The van der Waals surface area contributed by atoms with Crippen LogP contribution >= 0.6 is 23.2 Å². The van der Waals surface area contributed by atoms with Gasteiger partial charge in [0.2, 0.25) is 5.91 Å². The Bertz CT molecular complexity index is 1410. The Balaban J connectivity index is 1.34. The quantitative estimate of drug-likeness (QED) is 0.307. The Labute approximate surface area is 228 Å². The van der Waals surface area contributed by atoms with Crippen LogP contribution in [0.3, 0.4) is 0 Å². The molecule has 4 atom stereocenters. The first-order chi connectivity index (χ1) is 18.4. The van der Waals surface area contributed by atoms with E-state index >= 15 is 0 Å². The zero-order chi connectivity index (χ0) is 26.4. The van der Waals surface area contributed by atoms with E-state index in [2.05, 4.69) is 21.9 Å². The lowest BCUT2D eigenvalue weighted by molar-refractivity contribution is -0.142. The summed E-state index contributed by atoms with van der Waals surface area (Å²) in [5.41, 5.74) is 0.728. The second kappa shape index (κ2) is 10.2. The molecule has 1 N–H and O–H groups in total. The number of benzene rings is 2. The van der Waals surface area contributed by atoms with Crippen molar-refractivity contribution in [2.75, 3.05) is 31.6 Å². The van der Waals surface area contributed by atoms with Gasteiger partial charge in [0.15, 0.2) is 17.3 Å². The third-order valence-corrected chi connectivity index (χ3v) is 8.15. The maximum absolute atomic E-state index is 14.8. The molecule has 11 heteroatoms. The summed E-state index contributed by atoms with van der Waals surface area (Å²) in [5, 5.41) is 3.58. The van der Waals surface area contributed by atoms with Crippen LogP contribution in [0.1, 0.15) is 12.8 Å². The average molecular weight is 559 g/mol. The highest BCUT2D eigenvalue weighted by atomic mass is 35.5. The van der Waals surface area contributed by atoms with Gasteiger partial charge in [0.1, 0.15) is 24.4 Å². The van der Waals surface area contributed by atoms with Crippen LogP contribution in [0.4, 0.5) is 15.9 Å². The van der Waals surface area contributed by atoms with Gasteiger partial charge in [-0.2, -0.15) is 0 Å². The van der Waals surface area contributed by atoms with Crippen molar-refractivity contribution in [1.82, 2.24) is 14.9 Å². The third-order valence-electron chi connectivity index (χ3n) is 7.36. The van der Waals surface area contributed by atoms with Crippen molar-refractivity contribution in [2.24, 2.45) is 11.8 Å². The number of carbonyl (C=O) groups excluding carboxylic acids is 1. The lowest BCUT2D eigenvalue weighted by Gasteiger charge is -2.52. The Morgan fingerprint density at radius 2 is 1.97 bits per heavy atom. The third kappa shape index (κ3) is 4.63. The number of hydrogen-bond donors (Lipinski definition) is 1. The van der Waals surface area contributed by atoms with E-state index < -0.39 is 5.82 Å². The molecule has 0 radical (unpaired) electrons. The van der Waals surface area contributed by atoms with Crippen LogP contribution < -0.4 is 14.8 Å². The van der Waals surface area contributed by atoms with E-state index in [-0.39, 0.29) is 45.7 Å². The average Bonchev–Trinajstić information content (AvgIpc) is 3.45. The van der Waals surface area contributed by atoms with E-state index in [0.29, 0.717) is 54.5 Å². The molecule has 2 aromatic carbocycles. The summed E-state index contributed by atoms with van der Waals surface area (Å²) < 4.78 is 33.1. The van der Waals surface area contributed by atoms with E-state index in [1.54, 1.807) is 0 Å². The standard InChI is InChI=1S/C27H25Cl2FN4O4/c1-2-23(35)34-10-14-7-15(11-34)26(14)38-21-8-17-20(9-22(21)37-16-5-6-36-12-16)31-13-32-27(17)33-19-4-3-18(28)24(29)25(19)30/h2-4,8-9,13-16,26H,1,5-7,10-12H2,(H,31,32,33)/t14-,15+,16?,26?. The number of hydrogen-bond acceptors (Lipinski definition) is 7. The van der Waals surface area contributed by atoms with Crippen LogP contribution in [0, 0.1) is 17.7 Å². The molecule has 1 saturated carbocycles. The SMILES string of the molecule is C=CC(=O)N1C[C@H]2C[C@@H](C1)C2Oc1cc2c(Nc3ccc(Cl)c(Cl)c3F)ncnc2cc1OC1CCOC1. The van der Waals surface area contributed by atoms with Crippen molar-refractivity contribution >= 4 is 51.5 Å². The summed E-state index contributed by atoms with van der Waals surface area (Å²) in [7, 11) is 0. The summed E-state index contributed by atoms with van der Waals surface area (Å²) >= 11 is 11.9. The molecule has 2 unspecified atom stereocenters.